The molecule has 0 N–H and O–H groups in total. The zero-order valence-electron chi connectivity index (χ0n) is 8.84. The number of fused-ring (bicyclic) bond motifs is 2. The maximum atomic E-state index is 12.6. The minimum Gasteiger partial charge on any atom is -0.359 e. The number of halogens is 2. The van der Waals surface area contributed by atoms with Crippen LogP contribution in [-0.4, -0.2) is 33.4 Å². The van der Waals surface area contributed by atoms with Crippen LogP contribution in [0.2, 0.25) is 0 Å². The summed E-state index contributed by atoms with van der Waals surface area (Å²) in [6.07, 6.45) is 4.57. The van der Waals surface area contributed by atoms with Crippen LogP contribution in [0.4, 0.5) is 0 Å². The fraction of sp³-hybridized carbons (Fsp3) is 0.909. The Morgan fingerprint density at radius 3 is 2.62 bits per heavy atom. The normalized spacial score (nSPS) is 46.2. The summed E-state index contributed by atoms with van der Waals surface area (Å²) in [4.78, 5) is 14.5. The van der Waals surface area contributed by atoms with E-state index in [9.17, 15) is 4.79 Å². The lowest BCUT2D eigenvalue weighted by Gasteiger charge is -2.30. The van der Waals surface area contributed by atoms with Gasteiger partial charge in [0.05, 0.1) is 18.1 Å². The molecule has 5 heteroatoms. The molecule has 0 aromatic carbocycles. The summed E-state index contributed by atoms with van der Waals surface area (Å²) in [6, 6.07) is 0.321. The molecule has 2 aliphatic heterocycles. The topological polar surface area (TPSA) is 29.5 Å². The van der Waals surface area contributed by atoms with Gasteiger partial charge in [-0.3, -0.25) is 4.79 Å². The number of carbonyl (C=O) groups excluding carboxylic acids is 1. The zero-order chi connectivity index (χ0) is 11.2. The number of carbonyl (C=O) groups is 1. The first kappa shape index (κ1) is 10.3. The predicted octanol–water partition coefficient (Wildman–Crippen LogP) is 2.23. The Balaban J connectivity index is 1.77. The quantitative estimate of drug-likeness (QED) is 0.627. The van der Waals surface area contributed by atoms with Crippen molar-refractivity contribution in [3.8, 4) is 0 Å². The van der Waals surface area contributed by atoms with Gasteiger partial charge in [-0.25, -0.2) is 0 Å². The van der Waals surface area contributed by atoms with Gasteiger partial charge in [-0.15, -0.1) is 0 Å². The Hall–Kier alpha value is 0.390. The summed E-state index contributed by atoms with van der Waals surface area (Å²) in [5, 5.41) is 0. The van der Waals surface area contributed by atoms with Crippen molar-refractivity contribution < 1.29 is 9.53 Å². The van der Waals surface area contributed by atoms with Gasteiger partial charge in [-0.1, -0.05) is 38.3 Å². The zero-order valence-corrected chi connectivity index (χ0v) is 12.0. The molecule has 0 bridgehead atoms. The molecule has 2 saturated heterocycles. The fourth-order valence-electron chi connectivity index (χ4n) is 4.17. The van der Waals surface area contributed by atoms with Gasteiger partial charge in [0, 0.05) is 5.41 Å². The van der Waals surface area contributed by atoms with E-state index in [2.05, 4.69) is 31.9 Å². The summed E-state index contributed by atoms with van der Waals surface area (Å²) in [6.45, 7) is 1.22. The summed E-state index contributed by atoms with van der Waals surface area (Å²) in [5.41, 5.74) is 0.0219. The third kappa shape index (κ3) is 0.757. The molecule has 4 rings (SSSR count). The van der Waals surface area contributed by atoms with E-state index < -0.39 is 0 Å². The summed E-state index contributed by atoms with van der Waals surface area (Å²) >= 11 is 7.56. The molecule has 2 atom stereocenters. The van der Waals surface area contributed by atoms with Crippen molar-refractivity contribution in [1.82, 2.24) is 4.90 Å². The highest BCUT2D eigenvalue weighted by Gasteiger charge is 2.92. The van der Waals surface area contributed by atoms with Crippen LogP contribution in [0.25, 0.3) is 0 Å². The second-order valence-electron chi connectivity index (χ2n) is 5.55. The van der Waals surface area contributed by atoms with Gasteiger partial charge in [-0.05, 0) is 19.3 Å². The third-order valence-corrected chi connectivity index (χ3v) is 8.12. The second kappa shape index (κ2) is 2.69. The highest BCUT2D eigenvalue weighted by molar-refractivity contribution is 9.25. The van der Waals surface area contributed by atoms with Crippen LogP contribution >= 0.6 is 31.9 Å². The molecular formula is C11H13Br2NO2. The van der Waals surface area contributed by atoms with E-state index in [0.717, 1.165) is 13.0 Å². The SMILES string of the molecule is O=C1N2COCC2C[C@]12C(Br)(Br)C21CCC1. The van der Waals surface area contributed by atoms with E-state index in [1.807, 2.05) is 4.90 Å². The van der Waals surface area contributed by atoms with Gasteiger partial charge in [0.25, 0.3) is 0 Å². The van der Waals surface area contributed by atoms with Crippen molar-refractivity contribution >= 4 is 37.8 Å². The lowest BCUT2D eigenvalue weighted by atomic mass is 9.74. The number of ether oxygens (including phenoxy) is 1. The minimum atomic E-state index is -0.174. The first-order valence-corrected chi connectivity index (χ1v) is 7.42. The van der Waals surface area contributed by atoms with Gasteiger partial charge < -0.3 is 9.64 Å². The molecular weight excluding hydrogens is 338 g/mol. The smallest absolute Gasteiger partial charge is 0.233 e. The van der Waals surface area contributed by atoms with Gasteiger partial charge >= 0.3 is 0 Å². The van der Waals surface area contributed by atoms with E-state index in [1.54, 1.807) is 0 Å². The molecule has 3 nitrogen and oxygen atoms in total. The van der Waals surface area contributed by atoms with Gasteiger partial charge in [-0.2, -0.15) is 0 Å². The van der Waals surface area contributed by atoms with Crippen LogP contribution in [0.5, 0.6) is 0 Å². The number of alkyl halides is 2. The molecule has 0 aromatic rings. The van der Waals surface area contributed by atoms with Crippen molar-refractivity contribution in [3.63, 3.8) is 0 Å². The van der Waals surface area contributed by atoms with Crippen LogP contribution in [-0.2, 0) is 9.53 Å². The Morgan fingerprint density at radius 1 is 1.38 bits per heavy atom. The molecule has 16 heavy (non-hydrogen) atoms. The molecule has 1 unspecified atom stereocenters. The average Bonchev–Trinajstić information content (AvgIpc) is 2.54. The van der Waals surface area contributed by atoms with Crippen LogP contribution < -0.4 is 0 Å². The van der Waals surface area contributed by atoms with Crippen LogP contribution in [0.3, 0.4) is 0 Å². The molecule has 4 fully saturated rings. The standard InChI is InChI=1S/C11H13Br2NO2/c12-11(13)9(2-1-3-9)10(11)4-7-5-16-6-14(7)8(10)15/h7H,1-6H2/t7?,10-/m0/s1. The van der Waals surface area contributed by atoms with Crippen molar-refractivity contribution in [3.05, 3.63) is 0 Å². The molecule has 4 aliphatic rings. The van der Waals surface area contributed by atoms with Gasteiger partial charge in [0.2, 0.25) is 5.91 Å². The average molecular weight is 351 g/mol. The molecule has 2 heterocycles. The van der Waals surface area contributed by atoms with E-state index in [4.69, 9.17) is 4.74 Å². The Bertz CT molecular complexity index is 393. The highest BCUT2D eigenvalue weighted by Crippen LogP contribution is 2.89. The van der Waals surface area contributed by atoms with Crippen LogP contribution in [0.1, 0.15) is 25.7 Å². The van der Waals surface area contributed by atoms with Crippen molar-refractivity contribution in [2.24, 2.45) is 10.8 Å². The molecule has 2 spiro atoms. The van der Waals surface area contributed by atoms with E-state index in [1.165, 1.54) is 19.3 Å². The fourth-order valence-corrected chi connectivity index (χ4v) is 6.86. The number of rotatable bonds is 0. The lowest BCUT2D eigenvalue weighted by molar-refractivity contribution is -0.135. The molecule has 0 aromatic heterocycles. The Morgan fingerprint density at radius 2 is 2.12 bits per heavy atom. The van der Waals surface area contributed by atoms with E-state index in [0.29, 0.717) is 18.7 Å². The summed E-state index contributed by atoms with van der Waals surface area (Å²) in [7, 11) is 0. The Kier molecular flexibility index (Phi) is 1.74. The van der Waals surface area contributed by atoms with Crippen molar-refractivity contribution in [2.45, 2.75) is 35.0 Å². The lowest BCUT2D eigenvalue weighted by Crippen LogP contribution is -2.33. The monoisotopic (exact) mass is 349 g/mol. The van der Waals surface area contributed by atoms with Crippen molar-refractivity contribution in [1.29, 1.82) is 0 Å². The molecule has 0 radical (unpaired) electrons. The maximum Gasteiger partial charge on any atom is 0.233 e. The summed E-state index contributed by atoms with van der Waals surface area (Å²) in [5.74, 6) is 0.309. The first-order chi connectivity index (χ1) is 7.57. The minimum absolute atomic E-state index is 0.139. The molecule has 1 amide bonds. The van der Waals surface area contributed by atoms with E-state index >= 15 is 0 Å². The number of hydrogen-bond donors (Lipinski definition) is 0. The Labute approximate surface area is 111 Å². The second-order valence-corrected chi connectivity index (χ2v) is 8.99. The molecule has 2 aliphatic carbocycles. The van der Waals surface area contributed by atoms with Crippen molar-refractivity contribution in [2.75, 3.05) is 13.3 Å². The molecule has 88 valence electrons. The summed E-state index contributed by atoms with van der Waals surface area (Å²) < 4.78 is 5.23. The third-order valence-electron chi connectivity index (χ3n) is 5.25. The number of hydrogen-bond acceptors (Lipinski definition) is 2. The van der Waals surface area contributed by atoms with Crippen LogP contribution in [0, 0.1) is 10.8 Å². The maximum absolute atomic E-state index is 12.6. The van der Waals surface area contributed by atoms with Gasteiger partial charge in [0.15, 0.2) is 0 Å². The number of nitrogens with zero attached hydrogens (tertiary/aromatic N) is 1. The first-order valence-electron chi connectivity index (χ1n) is 5.83. The van der Waals surface area contributed by atoms with E-state index in [-0.39, 0.29) is 14.1 Å². The predicted molar refractivity (Wildman–Crippen MR) is 65.4 cm³/mol. The molecule has 2 saturated carbocycles. The highest BCUT2D eigenvalue weighted by atomic mass is 79.9. The van der Waals surface area contributed by atoms with Crippen LogP contribution in [0.15, 0.2) is 0 Å². The largest absolute Gasteiger partial charge is 0.359 e. The number of amides is 1. The van der Waals surface area contributed by atoms with Gasteiger partial charge in [0.1, 0.15) is 9.96 Å².